The zero-order valence-corrected chi connectivity index (χ0v) is 16.0. The SMILES string of the molecule is COc1ccccc1CN(CCNS(=O)(=O)c1cccc(C)c1)C(C)=O. The van der Waals surface area contributed by atoms with E-state index in [0.717, 1.165) is 11.1 Å². The number of carbonyl (C=O) groups excluding carboxylic acids is 1. The number of hydrogen-bond acceptors (Lipinski definition) is 4. The van der Waals surface area contributed by atoms with Gasteiger partial charge in [0.25, 0.3) is 0 Å². The molecule has 0 bridgehead atoms. The minimum atomic E-state index is -3.60. The van der Waals surface area contributed by atoms with Crippen LogP contribution in [0.25, 0.3) is 0 Å². The average molecular weight is 376 g/mol. The molecule has 26 heavy (non-hydrogen) atoms. The molecule has 0 aliphatic carbocycles. The van der Waals surface area contributed by atoms with Crippen LogP contribution < -0.4 is 9.46 Å². The highest BCUT2D eigenvalue weighted by Gasteiger charge is 2.16. The summed E-state index contributed by atoms with van der Waals surface area (Å²) < 4.78 is 32.6. The summed E-state index contributed by atoms with van der Waals surface area (Å²) in [7, 11) is -2.03. The van der Waals surface area contributed by atoms with Gasteiger partial charge >= 0.3 is 0 Å². The zero-order chi connectivity index (χ0) is 19.2. The maximum atomic E-state index is 12.4. The van der Waals surface area contributed by atoms with Gasteiger partial charge in [-0.25, -0.2) is 13.1 Å². The van der Waals surface area contributed by atoms with Gasteiger partial charge in [0, 0.05) is 32.1 Å². The van der Waals surface area contributed by atoms with E-state index in [1.54, 1.807) is 30.2 Å². The Kier molecular flexibility index (Phi) is 6.76. The molecule has 0 aliphatic rings. The highest BCUT2D eigenvalue weighted by molar-refractivity contribution is 7.89. The number of carbonyl (C=O) groups is 1. The summed E-state index contributed by atoms with van der Waals surface area (Å²) >= 11 is 0. The van der Waals surface area contributed by atoms with Crippen LogP contribution in [0, 0.1) is 6.92 Å². The second-order valence-electron chi connectivity index (χ2n) is 5.97. The Hall–Kier alpha value is -2.38. The predicted molar refractivity (Wildman–Crippen MR) is 100 cm³/mol. The summed E-state index contributed by atoms with van der Waals surface area (Å²) in [6, 6.07) is 14.1. The molecule has 0 radical (unpaired) electrons. The molecule has 0 aromatic heterocycles. The first-order valence-corrected chi connectivity index (χ1v) is 9.75. The van der Waals surface area contributed by atoms with Gasteiger partial charge < -0.3 is 9.64 Å². The molecule has 2 aromatic carbocycles. The normalized spacial score (nSPS) is 11.2. The smallest absolute Gasteiger partial charge is 0.240 e. The minimum Gasteiger partial charge on any atom is -0.496 e. The highest BCUT2D eigenvalue weighted by atomic mass is 32.2. The summed E-state index contributed by atoms with van der Waals surface area (Å²) in [6.45, 7) is 4.04. The van der Waals surface area contributed by atoms with Crippen LogP contribution in [0.2, 0.25) is 0 Å². The average Bonchev–Trinajstić information content (AvgIpc) is 2.61. The first-order chi connectivity index (χ1) is 12.3. The first-order valence-electron chi connectivity index (χ1n) is 8.27. The van der Waals surface area contributed by atoms with E-state index in [1.807, 2.05) is 37.3 Å². The molecule has 0 saturated carbocycles. The van der Waals surface area contributed by atoms with Crippen LogP contribution in [-0.2, 0) is 21.4 Å². The predicted octanol–water partition coefficient (Wildman–Crippen LogP) is 2.33. The van der Waals surface area contributed by atoms with Crippen molar-refractivity contribution in [3.63, 3.8) is 0 Å². The van der Waals surface area contributed by atoms with Crippen molar-refractivity contribution in [2.24, 2.45) is 0 Å². The van der Waals surface area contributed by atoms with Crippen molar-refractivity contribution in [2.45, 2.75) is 25.3 Å². The molecule has 0 heterocycles. The van der Waals surface area contributed by atoms with E-state index >= 15 is 0 Å². The lowest BCUT2D eigenvalue weighted by Gasteiger charge is -2.22. The first kappa shape index (κ1) is 19.9. The molecule has 7 heteroatoms. The lowest BCUT2D eigenvalue weighted by atomic mass is 10.2. The summed E-state index contributed by atoms with van der Waals surface area (Å²) in [4.78, 5) is 13.7. The molecule has 6 nitrogen and oxygen atoms in total. The Balaban J connectivity index is 2.02. The van der Waals surface area contributed by atoms with E-state index in [1.165, 1.54) is 6.92 Å². The van der Waals surface area contributed by atoms with E-state index in [2.05, 4.69) is 4.72 Å². The monoisotopic (exact) mass is 376 g/mol. The number of amides is 1. The zero-order valence-electron chi connectivity index (χ0n) is 15.2. The van der Waals surface area contributed by atoms with E-state index in [4.69, 9.17) is 4.74 Å². The molecule has 0 fully saturated rings. The summed E-state index contributed by atoms with van der Waals surface area (Å²) in [5.41, 5.74) is 1.74. The molecule has 0 aliphatic heterocycles. The number of sulfonamides is 1. The minimum absolute atomic E-state index is 0.130. The summed E-state index contributed by atoms with van der Waals surface area (Å²) in [5.74, 6) is 0.560. The Labute approximate surface area is 154 Å². The third-order valence-corrected chi connectivity index (χ3v) is 5.43. The fourth-order valence-corrected chi connectivity index (χ4v) is 3.69. The van der Waals surface area contributed by atoms with Gasteiger partial charge in [-0.3, -0.25) is 4.79 Å². The maximum absolute atomic E-state index is 12.4. The number of methoxy groups -OCH3 is 1. The van der Waals surface area contributed by atoms with Crippen LogP contribution in [0.5, 0.6) is 5.75 Å². The quantitative estimate of drug-likeness (QED) is 0.767. The van der Waals surface area contributed by atoms with Gasteiger partial charge in [-0.2, -0.15) is 0 Å². The summed E-state index contributed by atoms with van der Waals surface area (Å²) in [5, 5.41) is 0. The van der Waals surface area contributed by atoms with Crippen LogP contribution in [0.4, 0.5) is 0 Å². The number of benzene rings is 2. The molecular weight excluding hydrogens is 352 g/mol. The van der Waals surface area contributed by atoms with Crippen molar-refractivity contribution in [2.75, 3.05) is 20.2 Å². The van der Waals surface area contributed by atoms with Crippen molar-refractivity contribution in [1.82, 2.24) is 9.62 Å². The van der Waals surface area contributed by atoms with Gasteiger partial charge in [-0.05, 0) is 30.7 Å². The molecule has 1 amide bonds. The van der Waals surface area contributed by atoms with Gasteiger partial charge in [-0.15, -0.1) is 0 Å². The van der Waals surface area contributed by atoms with Crippen molar-refractivity contribution in [3.8, 4) is 5.75 Å². The molecule has 0 unspecified atom stereocenters. The van der Waals surface area contributed by atoms with Gasteiger partial charge in [-0.1, -0.05) is 30.3 Å². The van der Waals surface area contributed by atoms with Crippen molar-refractivity contribution in [1.29, 1.82) is 0 Å². The van der Waals surface area contributed by atoms with Gasteiger partial charge in [0.2, 0.25) is 15.9 Å². The molecule has 0 spiro atoms. The molecule has 0 saturated heterocycles. The molecular formula is C19H24N2O4S. The largest absolute Gasteiger partial charge is 0.496 e. The molecule has 1 N–H and O–H groups in total. The van der Waals surface area contributed by atoms with Gasteiger partial charge in [0.1, 0.15) is 5.75 Å². The topological polar surface area (TPSA) is 75.7 Å². The Bertz CT molecular complexity index is 865. The van der Waals surface area contributed by atoms with Gasteiger partial charge in [0.05, 0.1) is 12.0 Å². The lowest BCUT2D eigenvalue weighted by Crippen LogP contribution is -2.37. The molecule has 2 rings (SSSR count). The number of hydrogen-bond donors (Lipinski definition) is 1. The third-order valence-electron chi connectivity index (χ3n) is 3.97. The van der Waals surface area contributed by atoms with Crippen LogP contribution in [0.1, 0.15) is 18.1 Å². The highest BCUT2D eigenvalue weighted by Crippen LogP contribution is 2.19. The molecule has 0 atom stereocenters. The van der Waals surface area contributed by atoms with Crippen LogP contribution in [-0.4, -0.2) is 39.4 Å². The Morgan fingerprint density at radius 2 is 1.88 bits per heavy atom. The summed E-state index contributed by atoms with van der Waals surface area (Å²) in [6.07, 6.45) is 0. The number of aryl methyl sites for hydroxylation is 1. The molecule has 140 valence electrons. The van der Waals surface area contributed by atoms with Crippen molar-refractivity contribution in [3.05, 3.63) is 59.7 Å². The van der Waals surface area contributed by atoms with Crippen LogP contribution in [0.3, 0.4) is 0 Å². The van der Waals surface area contributed by atoms with Crippen LogP contribution >= 0.6 is 0 Å². The van der Waals surface area contributed by atoms with E-state index in [-0.39, 0.29) is 23.9 Å². The number of nitrogens with one attached hydrogen (secondary N) is 1. The Morgan fingerprint density at radius 3 is 2.54 bits per heavy atom. The van der Waals surface area contributed by atoms with Crippen LogP contribution in [0.15, 0.2) is 53.4 Å². The number of rotatable bonds is 8. The maximum Gasteiger partial charge on any atom is 0.240 e. The fraction of sp³-hybridized carbons (Fsp3) is 0.316. The number of ether oxygens (including phenoxy) is 1. The van der Waals surface area contributed by atoms with Crippen molar-refractivity contribution >= 4 is 15.9 Å². The lowest BCUT2D eigenvalue weighted by molar-refractivity contribution is -0.129. The third kappa shape index (κ3) is 5.31. The standard InChI is InChI=1S/C19H24N2O4S/c1-15-7-6-9-18(13-15)26(23,24)20-11-12-21(16(2)22)14-17-8-4-5-10-19(17)25-3/h4-10,13,20H,11-12,14H2,1-3H3. The Morgan fingerprint density at radius 1 is 1.15 bits per heavy atom. The second kappa shape index (κ2) is 8.82. The van der Waals surface area contributed by atoms with Gasteiger partial charge in [0.15, 0.2) is 0 Å². The second-order valence-corrected chi connectivity index (χ2v) is 7.73. The number of nitrogens with zero attached hydrogens (tertiary/aromatic N) is 1. The van der Waals surface area contributed by atoms with E-state index in [0.29, 0.717) is 12.3 Å². The fourth-order valence-electron chi connectivity index (χ4n) is 2.57. The van der Waals surface area contributed by atoms with E-state index in [9.17, 15) is 13.2 Å². The van der Waals surface area contributed by atoms with E-state index < -0.39 is 10.0 Å². The number of para-hydroxylation sites is 1. The molecule has 2 aromatic rings. The van der Waals surface area contributed by atoms with Crippen molar-refractivity contribution < 1.29 is 17.9 Å².